The van der Waals surface area contributed by atoms with E-state index in [4.69, 9.17) is 14.1 Å². The molecule has 0 saturated carbocycles. The lowest BCUT2D eigenvalue weighted by Crippen LogP contribution is -2.50. The third-order valence-electron chi connectivity index (χ3n) is 14.0. The summed E-state index contributed by atoms with van der Waals surface area (Å²) >= 11 is 1.57. The van der Waals surface area contributed by atoms with E-state index in [0.29, 0.717) is 64.7 Å². The minimum absolute atomic E-state index is 0.0235. The maximum absolute atomic E-state index is 15.6. The number of H-pyrrole nitrogens is 1. The predicted octanol–water partition coefficient (Wildman–Crippen LogP) is 7.31. The minimum atomic E-state index is -3.70. The Morgan fingerprint density at radius 2 is 1.87 bits per heavy atom. The van der Waals surface area contributed by atoms with Crippen molar-refractivity contribution in [1.82, 2.24) is 40.2 Å². The van der Waals surface area contributed by atoms with Crippen LogP contribution in [0.4, 0.5) is 20.3 Å². The van der Waals surface area contributed by atoms with Gasteiger partial charge in [-0.2, -0.15) is 0 Å². The van der Waals surface area contributed by atoms with E-state index < -0.39 is 56.9 Å². The van der Waals surface area contributed by atoms with E-state index in [0.717, 1.165) is 34.2 Å². The number of β-amino-alcohol motifs (C(OH)–C–C–N with tert-alkyl or cyclic N) is 1. The number of amides is 2. The number of aliphatic hydroxyl groups is 1. The second-order valence-corrected chi connectivity index (χ2v) is 23.1. The molecule has 7 aromatic rings. The van der Waals surface area contributed by atoms with Crippen molar-refractivity contribution in [2.45, 2.75) is 89.5 Å². The van der Waals surface area contributed by atoms with Crippen LogP contribution in [-0.4, -0.2) is 98.8 Å². The maximum atomic E-state index is 15.6. The summed E-state index contributed by atoms with van der Waals surface area (Å²) in [5.74, 6) is -3.46. The Kier molecular flexibility index (Phi) is 14.1. The van der Waals surface area contributed by atoms with Gasteiger partial charge in [0.15, 0.2) is 33.1 Å². The van der Waals surface area contributed by atoms with Gasteiger partial charge in [-0.15, -0.1) is 11.3 Å². The number of halogens is 2. The van der Waals surface area contributed by atoms with Gasteiger partial charge in [-0.25, -0.2) is 27.2 Å². The fourth-order valence-electron chi connectivity index (χ4n) is 10.3. The number of hydrogen-bond acceptors (Lipinski definition) is 16. The van der Waals surface area contributed by atoms with Gasteiger partial charge in [-0.05, 0) is 66.1 Å². The fraction of sp³-hybridized carbons (Fsp3) is 0.377. The van der Waals surface area contributed by atoms with Gasteiger partial charge >= 0.3 is 0 Å². The number of ether oxygens (including phenoxy) is 1. The summed E-state index contributed by atoms with van der Waals surface area (Å²) in [4.78, 5) is 63.3. The Hall–Kier alpha value is -7.50. The van der Waals surface area contributed by atoms with Crippen LogP contribution in [0.3, 0.4) is 0 Å². The standard InChI is InChI=1S/C53H56F2N10O9S2/c1-28(2)44(51(68)65-24-35(66)18-41(65)48-60-53(4,74-62-48)33-12-10-30(11-13-33)47-29(3)59-27-75-47)42-20-43(61-73-42)72-15-9-7-8-14-56-50(67)36-19-40-37(16-31(36)26-76(6,70)71)38-25-63(5)52(69)46-45(38)32(21-57-46)23-64(40)49-39(55)17-34(54)22-58-49/h10-13,16-17,19-22,25,27-28,35,41,44,57,66H,7-9,14-15,18,23-24,26H2,1-6H3,(H,56,67)(H,60,62)/t35-,41+,44-,53-/m1/s1. The van der Waals surface area contributed by atoms with E-state index in [2.05, 4.69) is 35.9 Å². The van der Waals surface area contributed by atoms with E-state index in [9.17, 15) is 32.3 Å². The summed E-state index contributed by atoms with van der Waals surface area (Å²) in [6.07, 6.45) is 6.33. The highest BCUT2D eigenvalue weighted by molar-refractivity contribution is 7.89. The van der Waals surface area contributed by atoms with E-state index in [1.54, 1.807) is 47.8 Å². The number of carbonyl (C=O) groups is 2. The first-order chi connectivity index (χ1) is 36.3. The molecule has 23 heteroatoms. The number of fused-ring (bicyclic) bond motifs is 2. The number of hydrogen-bond donors (Lipinski definition) is 4. The molecule has 398 valence electrons. The summed E-state index contributed by atoms with van der Waals surface area (Å²) in [6, 6.07) is 12.7. The number of thiazole rings is 1. The largest absolute Gasteiger partial charge is 0.476 e. The topological polar surface area (TPSA) is 239 Å². The van der Waals surface area contributed by atoms with Crippen LogP contribution in [0.1, 0.15) is 90.9 Å². The lowest BCUT2D eigenvalue weighted by atomic mass is 9.91. The third kappa shape index (κ3) is 10.2. The number of benzene rings is 2. The van der Waals surface area contributed by atoms with Gasteiger partial charge in [-0.3, -0.25) is 14.4 Å². The summed E-state index contributed by atoms with van der Waals surface area (Å²) in [5.41, 5.74) is 5.68. The molecule has 0 radical (unpaired) electrons. The monoisotopic (exact) mass is 1080 g/mol. The molecule has 8 heterocycles. The summed E-state index contributed by atoms with van der Waals surface area (Å²) in [6.45, 7) is 8.16. The number of aryl methyl sites for hydroxylation is 2. The van der Waals surface area contributed by atoms with Crippen LogP contribution in [0.5, 0.6) is 5.88 Å². The van der Waals surface area contributed by atoms with Crippen molar-refractivity contribution in [3.8, 4) is 27.4 Å². The molecule has 76 heavy (non-hydrogen) atoms. The molecular formula is C53H56F2N10O9S2. The van der Waals surface area contributed by atoms with Crippen molar-refractivity contribution in [3.63, 3.8) is 0 Å². The predicted molar refractivity (Wildman–Crippen MR) is 281 cm³/mol. The quantitative estimate of drug-likeness (QED) is 0.0655. The van der Waals surface area contributed by atoms with Gasteiger partial charge in [0.1, 0.15) is 17.3 Å². The van der Waals surface area contributed by atoms with Gasteiger partial charge in [0.05, 0.1) is 59.0 Å². The molecule has 0 aliphatic carbocycles. The Morgan fingerprint density at radius 3 is 2.59 bits per heavy atom. The van der Waals surface area contributed by atoms with Crippen LogP contribution in [0.25, 0.3) is 32.5 Å². The summed E-state index contributed by atoms with van der Waals surface area (Å²) in [5, 5.41) is 26.2. The third-order valence-corrected chi connectivity index (χ3v) is 15.9. The number of amidine groups is 1. The number of nitrogens with one attached hydrogen (secondary N) is 3. The molecule has 2 aromatic carbocycles. The number of nitrogens with zero attached hydrogens (tertiary/aromatic N) is 7. The SMILES string of the molecule is Cc1ncsc1-c1ccc([C@]2(C)NC([C@@H]3C[C@@H](O)CN3C(=O)[C@@H](c3cc(OCCCCCNC(=O)c4cc5c(cc4CS(C)(=O)=O)-c4cn(C)c(=O)c6[nH]cc(c46)CN5c4ncc(F)cc4F)no3)C(C)C)=NO2)cc1. The molecule has 2 amide bonds. The first kappa shape index (κ1) is 52.0. The van der Waals surface area contributed by atoms with Crippen LogP contribution < -0.4 is 25.8 Å². The van der Waals surface area contributed by atoms with E-state index in [1.807, 2.05) is 57.5 Å². The molecule has 5 aromatic heterocycles. The van der Waals surface area contributed by atoms with Crippen molar-refractivity contribution in [2.24, 2.45) is 18.1 Å². The van der Waals surface area contributed by atoms with Crippen molar-refractivity contribution in [3.05, 3.63) is 128 Å². The molecule has 3 aliphatic heterocycles. The summed E-state index contributed by atoms with van der Waals surface area (Å²) < 4.78 is 68.5. The Bertz CT molecular complexity index is 3590. The number of likely N-dealkylation sites (tertiary alicyclic amines) is 1. The number of rotatable bonds is 17. The number of pyridine rings is 2. The number of oxime groups is 1. The van der Waals surface area contributed by atoms with Crippen molar-refractivity contribution >= 4 is 61.2 Å². The van der Waals surface area contributed by atoms with Crippen LogP contribution >= 0.6 is 11.3 Å². The molecule has 4 N–H and O–H groups in total. The van der Waals surface area contributed by atoms with Gasteiger partial charge in [0.25, 0.3) is 17.3 Å². The number of unbranched alkanes of at least 4 members (excludes halogenated alkanes) is 2. The van der Waals surface area contributed by atoms with Crippen LogP contribution in [0.2, 0.25) is 0 Å². The van der Waals surface area contributed by atoms with E-state index in [-0.39, 0.29) is 78.4 Å². The Balaban J connectivity index is 0.770. The minimum Gasteiger partial charge on any atom is -0.476 e. The molecule has 0 unspecified atom stereocenters. The highest BCUT2D eigenvalue weighted by Gasteiger charge is 2.47. The lowest BCUT2D eigenvalue weighted by molar-refractivity contribution is -0.134. The van der Waals surface area contributed by atoms with Gasteiger partial charge in [-0.1, -0.05) is 43.3 Å². The van der Waals surface area contributed by atoms with E-state index in [1.165, 1.54) is 15.5 Å². The molecule has 4 atom stereocenters. The van der Waals surface area contributed by atoms with Crippen molar-refractivity contribution in [1.29, 1.82) is 0 Å². The van der Waals surface area contributed by atoms with Crippen LogP contribution in [0, 0.1) is 24.5 Å². The van der Waals surface area contributed by atoms with Gasteiger partial charge < -0.3 is 49.2 Å². The Labute approximate surface area is 439 Å². The molecule has 0 spiro atoms. The van der Waals surface area contributed by atoms with Crippen LogP contribution in [0.15, 0.2) is 87.1 Å². The first-order valence-corrected chi connectivity index (χ1v) is 27.8. The summed E-state index contributed by atoms with van der Waals surface area (Å²) in [7, 11) is -2.12. The maximum Gasteiger partial charge on any atom is 0.274 e. The smallest absolute Gasteiger partial charge is 0.274 e. The number of carbonyl (C=O) groups excluding carboxylic acids is 2. The number of sulfone groups is 1. The van der Waals surface area contributed by atoms with Crippen molar-refractivity contribution < 1.29 is 46.0 Å². The van der Waals surface area contributed by atoms with Gasteiger partial charge in [0, 0.05) is 91.9 Å². The number of aromatic nitrogens is 5. The number of anilines is 2. The molecule has 0 bridgehead atoms. The molecular weight excluding hydrogens is 1020 g/mol. The van der Waals surface area contributed by atoms with E-state index >= 15 is 4.39 Å². The zero-order chi connectivity index (χ0) is 53.8. The normalized spacial score (nSPS) is 18.6. The first-order valence-electron chi connectivity index (χ1n) is 24.8. The lowest BCUT2D eigenvalue weighted by Gasteiger charge is -2.30. The highest BCUT2D eigenvalue weighted by Crippen LogP contribution is 2.45. The second kappa shape index (κ2) is 20.6. The average Bonchev–Trinajstić information content (AvgIpc) is 4.34. The Morgan fingerprint density at radius 1 is 1.08 bits per heavy atom. The number of aliphatic hydroxyl groups excluding tert-OH is 1. The molecule has 1 saturated heterocycles. The fourth-order valence-corrected chi connectivity index (χ4v) is 11.9. The molecule has 1 fully saturated rings. The molecule has 3 aliphatic rings. The molecule has 10 rings (SSSR count). The zero-order valence-corrected chi connectivity index (χ0v) is 44.2. The number of aromatic amines is 1. The zero-order valence-electron chi connectivity index (χ0n) is 42.5. The van der Waals surface area contributed by atoms with Crippen LogP contribution in [-0.2, 0) is 44.5 Å². The highest BCUT2D eigenvalue weighted by atomic mass is 32.2. The van der Waals surface area contributed by atoms with Gasteiger partial charge in [0.2, 0.25) is 11.6 Å². The van der Waals surface area contributed by atoms with Crippen molar-refractivity contribution in [2.75, 3.05) is 30.9 Å². The second-order valence-electron chi connectivity index (χ2n) is 20.1. The molecule has 19 nitrogen and oxygen atoms in total. The average molecular weight is 1080 g/mol.